The van der Waals surface area contributed by atoms with E-state index in [1.165, 1.54) is 12.2 Å². The van der Waals surface area contributed by atoms with Gasteiger partial charge in [0.05, 0.1) is 5.69 Å². The van der Waals surface area contributed by atoms with Crippen molar-refractivity contribution in [2.45, 2.75) is 13.3 Å². The van der Waals surface area contributed by atoms with Crippen LogP contribution in [-0.2, 0) is 14.3 Å². The standard InChI is InChI=1S/C21H18ClN3O4/c1-2-19(27)23-15-8-6-14(7-9-15)17(26)13-29-20(28)11-10-16-21(22)24-18-5-3-4-12-25(16)18/h3-12H,2,13H2,1H3,(H,23,27)/b11-10+. The van der Waals surface area contributed by atoms with Gasteiger partial charge < -0.3 is 10.1 Å². The Morgan fingerprint density at radius 3 is 2.66 bits per heavy atom. The van der Waals surface area contributed by atoms with Crippen LogP contribution < -0.4 is 5.32 Å². The molecule has 29 heavy (non-hydrogen) atoms. The first kappa shape index (κ1) is 20.3. The minimum Gasteiger partial charge on any atom is -0.454 e. The highest BCUT2D eigenvalue weighted by Crippen LogP contribution is 2.19. The van der Waals surface area contributed by atoms with Crippen LogP contribution in [0.1, 0.15) is 29.4 Å². The minimum absolute atomic E-state index is 0.115. The maximum Gasteiger partial charge on any atom is 0.331 e. The van der Waals surface area contributed by atoms with Crippen molar-refractivity contribution < 1.29 is 19.1 Å². The number of ketones is 1. The topological polar surface area (TPSA) is 89.8 Å². The smallest absolute Gasteiger partial charge is 0.331 e. The minimum atomic E-state index is -0.674. The average Bonchev–Trinajstić information content (AvgIpc) is 3.05. The number of halogens is 1. The summed E-state index contributed by atoms with van der Waals surface area (Å²) in [6.45, 7) is 1.35. The summed E-state index contributed by atoms with van der Waals surface area (Å²) in [5.41, 5.74) is 2.16. The van der Waals surface area contributed by atoms with E-state index >= 15 is 0 Å². The van der Waals surface area contributed by atoms with E-state index < -0.39 is 12.6 Å². The molecule has 0 aliphatic carbocycles. The molecule has 1 N–H and O–H groups in total. The van der Waals surface area contributed by atoms with Crippen LogP contribution in [0.5, 0.6) is 0 Å². The molecule has 7 nitrogen and oxygen atoms in total. The zero-order chi connectivity index (χ0) is 20.8. The van der Waals surface area contributed by atoms with Crippen molar-refractivity contribution in [3.63, 3.8) is 0 Å². The first-order valence-electron chi connectivity index (χ1n) is 8.88. The number of imidazole rings is 1. The Balaban J connectivity index is 1.57. The number of ether oxygens (including phenoxy) is 1. The van der Waals surface area contributed by atoms with E-state index in [1.807, 2.05) is 12.1 Å². The van der Waals surface area contributed by atoms with Gasteiger partial charge in [-0.15, -0.1) is 0 Å². The number of carbonyl (C=O) groups excluding carboxylic acids is 3. The van der Waals surface area contributed by atoms with E-state index in [4.69, 9.17) is 16.3 Å². The number of nitrogens with zero attached hydrogens (tertiary/aromatic N) is 2. The largest absolute Gasteiger partial charge is 0.454 e. The lowest BCUT2D eigenvalue weighted by molar-refractivity contribution is -0.136. The summed E-state index contributed by atoms with van der Waals surface area (Å²) in [7, 11) is 0. The number of hydrogen-bond acceptors (Lipinski definition) is 5. The molecule has 0 unspecified atom stereocenters. The van der Waals surface area contributed by atoms with Crippen molar-refractivity contribution in [1.29, 1.82) is 0 Å². The molecule has 0 aliphatic rings. The Kier molecular flexibility index (Phi) is 6.41. The second-order valence-corrected chi connectivity index (χ2v) is 6.42. The average molecular weight is 412 g/mol. The molecule has 0 saturated carbocycles. The first-order valence-corrected chi connectivity index (χ1v) is 9.26. The molecular formula is C21H18ClN3O4. The Labute approximate surface area is 172 Å². The van der Waals surface area contributed by atoms with Gasteiger partial charge in [0, 0.05) is 29.9 Å². The van der Waals surface area contributed by atoms with Crippen LogP contribution >= 0.6 is 11.6 Å². The van der Waals surface area contributed by atoms with Gasteiger partial charge in [-0.2, -0.15) is 0 Å². The summed E-state index contributed by atoms with van der Waals surface area (Å²) in [5.74, 6) is -1.14. The SMILES string of the molecule is CCC(=O)Nc1ccc(C(=O)COC(=O)/C=C/c2c(Cl)nc3ccccn23)cc1. The van der Waals surface area contributed by atoms with Gasteiger partial charge >= 0.3 is 5.97 Å². The molecule has 2 aromatic heterocycles. The number of fused-ring (bicyclic) bond motifs is 1. The third-order valence-electron chi connectivity index (χ3n) is 4.06. The molecule has 0 atom stereocenters. The molecule has 0 aliphatic heterocycles. The third kappa shape index (κ3) is 5.08. The highest BCUT2D eigenvalue weighted by molar-refractivity contribution is 6.31. The summed E-state index contributed by atoms with van der Waals surface area (Å²) in [6.07, 6.45) is 4.82. The fourth-order valence-electron chi connectivity index (χ4n) is 2.54. The van der Waals surface area contributed by atoms with E-state index in [9.17, 15) is 14.4 Å². The van der Waals surface area contributed by atoms with Crippen molar-refractivity contribution in [1.82, 2.24) is 9.38 Å². The molecule has 3 aromatic rings. The summed E-state index contributed by atoms with van der Waals surface area (Å²) in [5, 5.41) is 2.95. The van der Waals surface area contributed by atoms with Gasteiger partial charge in [0.2, 0.25) is 5.91 Å². The second kappa shape index (κ2) is 9.16. The molecule has 1 aromatic carbocycles. The molecule has 0 spiro atoms. The molecule has 0 saturated heterocycles. The summed E-state index contributed by atoms with van der Waals surface area (Å²) in [4.78, 5) is 39.7. The summed E-state index contributed by atoms with van der Waals surface area (Å²) in [6, 6.07) is 11.8. The summed E-state index contributed by atoms with van der Waals surface area (Å²) < 4.78 is 6.74. The molecule has 8 heteroatoms. The number of rotatable bonds is 7. The number of benzene rings is 1. The predicted octanol–water partition coefficient (Wildman–Crippen LogP) is 3.78. The molecular weight excluding hydrogens is 394 g/mol. The van der Waals surface area contributed by atoms with Crippen molar-refractivity contribution >= 4 is 46.7 Å². The lowest BCUT2D eigenvalue weighted by Crippen LogP contribution is -2.13. The normalized spacial score (nSPS) is 11.0. The number of amides is 1. The van der Waals surface area contributed by atoms with Crippen molar-refractivity contribution in [3.05, 3.63) is 71.1 Å². The van der Waals surface area contributed by atoms with E-state index in [0.717, 1.165) is 0 Å². The fraction of sp³-hybridized carbons (Fsp3) is 0.143. The van der Waals surface area contributed by atoms with Gasteiger partial charge in [0.15, 0.2) is 17.5 Å². The lowest BCUT2D eigenvalue weighted by atomic mass is 10.1. The van der Waals surface area contributed by atoms with Crippen LogP contribution in [0.2, 0.25) is 5.15 Å². The Morgan fingerprint density at radius 1 is 1.17 bits per heavy atom. The van der Waals surface area contributed by atoms with E-state index in [1.54, 1.807) is 47.9 Å². The molecule has 0 bridgehead atoms. The zero-order valence-corrected chi connectivity index (χ0v) is 16.3. The van der Waals surface area contributed by atoms with Gasteiger partial charge in [-0.1, -0.05) is 24.6 Å². The number of pyridine rings is 1. The third-order valence-corrected chi connectivity index (χ3v) is 4.33. The number of hydrogen-bond donors (Lipinski definition) is 1. The Bertz CT molecular complexity index is 1090. The highest BCUT2D eigenvalue weighted by atomic mass is 35.5. The van der Waals surface area contributed by atoms with Crippen molar-refractivity contribution in [2.75, 3.05) is 11.9 Å². The molecule has 3 rings (SSSR count). The Morgan fingerprint density at radius 2 is 1.93 bits per heavy atom. The highest BCUT2D eigenvalue weighted by Gasteiger charge is 2.11. The number of aromatic nitrogens is 2. The maximum absolute atomic E-state index is 12.2. The number of Topliss-reactive ketones (excluding diaryl/α,β-unsaturated/α-hetero) is 1. The van der Waals surface area contributed by atoms with Crippen LogP contribution in [0.3, 0.4) is 0 Å². The molecule has 1 amide bonds. The summed E-state index contributed by atoms with van der Waals surface area (Å²) >= 11 is 6.10. The van der Waals surface area contributed by atoms with Gasteiger partial charge in [0.25, 0.3) is 0 Å². The van der Waals surface area contributed by atoms with Crippen LogP contribution in [-0.4, -0.2) is 33.7 Å². The van der Waals surface area contributed by atoms with E-state index in [0.29, 0.717) is 29.0 Å². The number of anilines is 1. The van der Waals surface area contributed by atoms with Gasteiger partial charge in [-0.05, 0) is 42.5 Å². The maximum atomic E-state index is 12.2. The fourth-order valence-corrected chi connectivity index (χ4v) is 2.78. The quantitative estimate of drug-likeness (QED) is 0.363. The molecule has 2 heterocycles. The van der Waals surface area contributed by atoms with Crippen molar-refractivity contribution in [3.8, 4) is 0 Å². The van der Waals surface area contributed by atoms with E-state index in [2.05, 4.69) is 10.3 Å². The van der Waals surface area contributed by atoms with Crippen LogP contribution in [0.25, 0.3) is 11.7 Å². The van der Waals surface area contributed by atoms with Crippen LogP contribution in [0.4, 0.5) is 5.69 Å². The van der Waals surface area contributed by atoms with Gasteiger partial charge in [0.1, 0.15) is 5.65 Å². The number of carbonyl (C=O) groups is 3. The van der Waals surface area contributed by atoms with Gasteiger partial charge in [-0.25, -0.2) is 9.78 Å². The predicted molar refractivity (Wildman–Crippen MR) is 110 cm³/mol. The van der Waals surface area contributed by atoms with Crippen LogP contribution in [0, 0.1) is 0 Å². The Hall–Kier alpha value is -3.45. The van der Waals surface area contributed by atoms with Gasteiger partial charge in [-0.3, -0.25) is 14.0 Å². The van der Waals surface area contributed by atoms with Crippen molar-refractivity contribution in [2.24, 2.45) is 0 Å². The molecule has 148 valence electrons. The second-order valence-electron chi connectivity index (χ2n) is 6.06. The number of esters is 1. The van der Waals surface area contributed by atoms with E-state index in [-0.39, 0.29) is 16.8 Å². The lowest BCUT2D eigenvalue weighted by Gasteiger charge is -2.05. The molecule has 0 radical (unpaired) electrons. The first-order chi connectivity index (χ1) is 14.0. The number of nitrogens with one attached hydrogen (secondary N) is 1. The molecule has 0 fully saturated rings. The van der Waals surface area contributed by atoms with Crippen LogP contribution in [0.15, 0.2) is 54.7 Å². The zero-order valence-electron chi connectivity index (χ0n) is 15.6. The monoisotopic (exact) mass is 411 g/mol.